The third-order valence-electron chi connectivity index (χ3n) is 23.2. The number of para-hydroxylation sites is 2. The molecule has 0 radical (unpaired) electrons. The molecule has 43 nitrogen and oxygen atoms in total. The second-order valence-corrected chi connectivity index (χ2v) is 33.6. The van der Waals surface area contributed by atoms with Crippen LogP contribution in [0.1, 0.15) is 127 Å². The molecule has 3 fully saturated rings. The molecule has 3 aliphatic rings. The van der Waals surface area contributed by atoms with E-state index >= 15 is 24.0 Å². The Kier molecular flexibility index (Phi) is 39.0. The number of nitrogens with zero attached hydrogens (tertiary/aromatic N) is 5. The van der Waals surface area contributed by atoms with E-state index in [1.54, 1.807) is 60.9 Å². The Bertz CT molecular complexity index is 4880. The van der Waals surface area contributed by atoms with Crippen molar-refractivity contribution in [2.75, 3.05) is 78.6 Å². The number of fused-ring (bicyclic) bond motifs is 4. The molecule has 3 aliphatic heterocycles. The van der Waals surface area contributed by atoms with Crippen LogP contribution in [-0.2, 0) is 101 Å². The summed E-state index contributed by atoms with van der Waals surface area (Å²) in [6, 6.07) is -2.60. The normalized spacial score (nSPS) is 24.6. The Hall–Kier alpha value is -13.0. The van der Waals surface area contributed by atoms with Gasteiger partial charge in [0.2, 0.25) is 100 Å². The molecule has 8 rings (SSSR count). The van der Waals surface area contributed by atoms with Crippen molar-refractivity contribution in [2.24, 2.45) is 17.2 Å². The first kappa shape index (κ1) is 102. The second kappa shape index (κ2) is 49.5. The summed E-state index contributed by atoms with van der Waals surface area (Å²) < 4.78 is 0. The molecule has 0 bridgehead atoms. The first-order chi connectivity index (χ1) is 62.0. The number of unbranched alkanes of at least 4 members (excludes halogenated alkanes) is 2. The van der Waals surface area contributed by atoms with E-state index in [4.69, 9.17) is 22.6 Å². The SMILES string of the molecule is CCCC[C@H]1C(=O)N(C)[C@@H](CCCC)C(=O)N[C@@H](CCCNC(=N)N)C(=O)NC(C(=O)NCC(N)=O)CSCC(=O)N[C@@H](Cc2ccc(O)cc2)C(=O)N(C)[C@@H](C)C(=O)N[C@@H](CC(N)=O)C(=O)N2CCC[C@H]2C(=O)N[C@@H](CO)C(=O)N[C@@H](CCO)C(=O)N2CCC[C@H]2C(=O)N[C@@H](Cc2c[nH]c3ccccc23)C(=O)N[C@@H](CO)C(=O)N[C@@H](Cc2c[nH]c3ccccc23)C(=O)N1C. The van der Waals surface area contributed by atoms with E-state index in [-0.39, 0.29) is 96.0 Å². The van der Waals surface area contributed by atoms with Gasteiger partial charge in [0.15, 0.2) is 5.96 Å². The third-order valence-corrected chi connectivity index (χ3v) is 24.2. The van der Waals surface area contributed by atoms with Gasteiger partial charge < -0.3 is 131 Å². The van der Waals surface area contributed by atoms with E-state index in [2.05, 4.69) is 68.5 Å². The van der Waals surface area contributed by atoms with Crippen LogP contribution in [0, 0.1) is 5.41 Å². The van der Waals surface area contributed by atoms with Crippen molar-refractivity contribution < 1.29 is 102 Å². The Morgan fingerprint density at radius 3 is 1.51 bits per heavy atom. The number of nitrogens with two attached hydrogens (primary N) is 3. The van der Waals surface area contributed by atoms with E-state index < -0.39 is 242 Å². The number of carbonyl (C=O) groups excluding carboxylic acids is 17. The predicted octanol–water partition coefficient (Wildman–Crippen LogP) is -4.54. The van der Waals surface area contributed by atoms with Crippen molar-refractivity contribution in [2.45, 2.75) is 215 Å². The zero-order valence-electron chi connectivity index (χ0n) is 73.7. The molecule has 0 saturated carbocycles. The average molecular weight is 1830 g/mol. The number of hydrogen-bond acceptors (Lipinski definition) is 23. The molecule has 24 N–H and O–H groups in total. The third kappa shape index (κ3) is 28.3. The number of benzene rings is 3. The zero-order chi connectivity index (χ0) is 95.2. The van der Waals surface area contributed by atoms with Gasteiger partial charge in [-0.1, -0.05) is 88.1 Å². The highest BCUT2D eigenvalue weighted by atomic mass is 32.2. The highest BCUT2D eigenvalue weighted by Gasteiger charge is 2.45. The van der Waals surface area contributed by atoms with Crippen LogP contribution in [-0.4, -0.2) is 325 Å². The summed E-state index contributed by atoms with van der Waals surface area (Å²) in [6.45, 7) is 0.980. The number of amides is 17. The van der Waals surface area contributed by atoms with Crippen LogP contribution in [0.4, 0.5) is 0 Å². The van der Waals surface area contributed by atoms with Crippen molar-refractivity contribution in [3.8, 4) is 5.75 Å². The number of aromatic nitrogens is 2. The second-order valence-electron chi connectivity index (χ2n) is 32.6. The van der Waals surface area contributed by atoms with Crippen molar-refractivity contribution >= 4 is 140 Å². The molecule has 0 spiro atoms. The summed E-state index contributed by atoms with van der Waals surface area (Å²) >= 11 is 0.752. The molecule has 17 amide bonds. The van der Waals surface area contributed by atoms with Crippen LogP contribution in [0.25, 0.3) is 21.8 Å². The van der Waals surface area contributed by atoms with Gasteiger partial charge in [-0.05, 0) is 106 Å². The molecule has 2 aromatic heterocycles. The van der Waals surface area contributed by atoms with Gasteiger partial charge in [-0.15, -0.1) is 11.8 Å². The van der Waals surface area contributed by atoms with Gasteiger partial charge in [-0.2, -0.15) is 0 Å². The summed E-state index contributed by atoms with van der Waals surface area (Å²) in [5, 5.41) is 79.8. The van der Waals surface area contributed by atoms with E-state index in [0.29, 0.717) is 64.2 Å². The average Bonchev–Trinajstić information content (AvgIpc) is 1.45. The lowest BCUT2D eigenvalue weighted by molar-refractivity contribution is -0.149. The maximum Gasteiger partial charge on any atom is 0.246 e. The molecule has 0 aliphatic carbocycles. The smallest absolute Gasteiger partial charge is 0.246 e. The van der Waals surface area contributed by atoms with Crippen molar-refractivity contribution in [1.29, 1.82) is 5.41 Å². The Balaban J connectivity index is 1.17. The minimum Gasteiger partial charge on any atom is -0.508 e. The number of hydrogen-bond donors (Lipinski definition) is 21. The fourth-order valence-corrected chi connectivity index (χ4v) is 16.7. The van der Waals surface area contributed by atoms with E-state index in [9.17, 15) is 78.0 Å². The number of aliphatic hydroxyl groups is 3. The summed E-state index contributed by atoms with van der Waals surface area (Å²) in [6.07, 6.45) is 2.73. The number of aliphatic hydroxyl groups excluding tert-OH is 3. The molecule has 130 heavy (non-hydrogen) atoms. The number of H-pyrrole nitrogens is 2. The molecule has 5 aromatic rings. The van der Waals surface area contributed by atoms with Crippen LogP contribution in [0.2, 0.25) is 0 Å². The molecular weight excluding hydrogens is 1710 g/mol. The fraction of sp³-hybridized carbons (Fsp3) is 0.535. The number of carbonyl (C=O) groups is 17. The minimum atomic E-state index is -1.88. The number of likely N-dealkylation sites (N-methyl/N-ethyl adjacent to an activating group) is 3. The van der Waals surface area contributed by atoms with Crippen LogP contribution >= 0.6 is 11.8 Å². The lowest BCUT2D eigenvalue weighted by Crippen LogP contribution is -2.62. The number of aromatic amines is 2. The van der Waals surface area contributed by atoms with E-state index in [0.717, 1.165) is 36.3 Å². The maximum atomic E-state index is 15.7. The number of rotatable bonds is 25. The fourth-order valence-electron chi connectivity index (χ4n) is 15.8. The standard InChI is InChI=1S/C86H122N22O21S/c1-7-9-23-65-78(122)96-56(22-15-32-91-86(89)90)74(118)103-64(73(117)94-42-70(88)114)45-130-46-71(115)95-59(36-48-27-29-51(112)30-28-48)81(125)104(4)47(3)72(116)99-61(39-69(87)113)84(128)108-34-17-26-67(108)80(124)102-63(44-111)76(120)97-57(31-35-109)83(127)107-33-16-25-66(107)79(123)98-58(37-49-40-92-54-20-13-11-18-52(49)54)75(119)101-62(43-110)77(121)100-60(38-50-41-93-55-21-14-12-19-53(50)55)82(126)106(6)68(24-10-8-2)85(129)105(65)5/h11-14,18-21,27-30,40-41,47,56-68,92-93,109-112H,7-10,15-17,22-26,31-39,42-46H2,1-6H3,(H2,87,113)(H2,88,114)(H,94,117)(H,95,115)(H,96,122)(H,97,120)(H,98,123)(H,99,116)(H,100,121)(H,101,119)(H,102,124)(H,103,118)(H4,89,90,91)/t47-,56-,57-,58-,59-,60-,61-,62-,63-,64?,65-,66-,67-,68-/m0/s1. The van der Waals surface area contributed by atoms with E-state index in [1.807, 2.05) is 13.8 Å². The summed E-state index contributed by atoms with van der Waals surface area (Å²) in [7, 11) is 3.87. The quantitative estimate of drug-likeness (QED) is 0.0149. The van der Waals surface area contributed by atoms with Crippen LogP contribution in [0.3, 0.4) is 0 Å². The molecule has 14 atom stereocenters. The number of aromatic hydroxyl groups is 1. The Labute approximate surface area is 754 Å². The van der Waals surface area contributed by atoms with Gasteiger partial charge in [-0.3, -0.25) is 86.9 Å². The Morgan fingerprint density at radius 1 is 0.485 bits per heavy atom. The number of thioether (sulfide) groups is 1. The molecule has 5 heterocycles. The maximum absolute atomic E-state index is 15.7. The van der Waals surface area contributed by atoms with Gasteiger partial charge in [0.05, 0.1) is 31.9 Å². The van der Waals surface area contributed by atoms with Gasteiger partial charge in [0, 0.05) is 107 Å². The minimum absolute atomic E-state index is 0.0101. The van der Waals surface area contributed by atoms with Crippen molar-refractivity contribution in [3.63, 3.8) is 0 Å². The van der Waals surface area contributed by atoms with Gasteiger partial charge in [-0.25, -0.2) is 0 Å². The van der Waals surface area contributed by atoms with Crippen LogP contribution < -0.4 is 75.7 Å². The number of nitrogens with one attached hydrogen (secondary N) is 14. The van der Waals surface area contributed by atoms with Crippen LogP contribution in [0.15, 0.2) is 85.2 Å². The first-order valence-corrected chi connectivity index (χ1v) is 44.5. The lowest BCUT2D eigenvalue weighted by atomic mass is 10.00. The van der Waals surface area contributed by atoms with Gasteiger partial charge in [0.25, 0.3) is 0 Å². The summed E-state index contributed by atoms with van der Waals surface area (Å²) in [4.78, 5) is 259. The molecule has 44 heteroatoms. The highest BCUT2D eigenvalue weighted by Crippen LogP contribution is 2.27. The van der Waals surface area contributed by atoms with Gasteiger partial charge in [0.1, 0.15) is 90.3 Å². The number of primary amides is 2. The number of guanidine groups is 1. The van der Waals surface area contributed by atoms with E-state index in [1.165, 1.54) is 52.3 Å². The molecular formula is C86H122N22O21S. The molecule has 708 valence electrons. The molecule has 1 unspecified atom stereocenters. The summed E-state index contributed by atoms with van der Waals surface area (Å²) in [5.74, 6) is -18.1. The van der Waals surface area contributed by atoms with Crippen molar-refractivity contribution in [3.05, 3.63) is 102 Å². The topological polar surface area (TPSA) is 653 Å². The molecule has 3 aromatic carbocycles. The highest BCUT2D eigenvalue weighted by molar-refractivity contribution is 8.00. The first-order valence-electron chi connectivity index (χ1n) is 43.4. The number of phenols is 1. The Morgan fingerprint density at radius 2 is 0.962 bits per heavy atom. The summed E-state index contributed by atoms with van der Waals surface area (Å²) in [5.41, 5.74) is 19.3. The molecule has 3 saturated heterocycles. The monoisotopic (exact) mass is 1830 g/mol. The largest absolute Gasteiger partial charge is 0.508 e. The van der Waals surface area contributed by atoms with Gasteiger partial charge >= 0.3 is 0 Å². The predicted molar refractivity (Wildman–Crippen MR) is 475 cm³/mol. The lowest BCUT2D eigenvalue weighted by Gasteiger charge is -2.36. The zero-order valence-corrected chi connectivity index (χ0v) is 74.5. The van der Waals surface area contributed by atoms with Crippen LogP contribution in [0.5, 0.6) is 5.75 Å². The number of phenolic OH excluding ortho intramolecular Hbond substituents is 1. The van der Waals surface area contributed by atoms with Crippen molar-refractivity contribution in [1.82, 2.24) is 93.0 Å².